The number of benzene rings is 1. The summed E-state index contributed by atoms with van der Waals surface area (Å²) >= 11 is 0. The summed E-state index contributed by atoms with van der Waals surface area (Å²) in [5.41, 5.74) is -1.66. The van der Waals surface area contributed by atoms with E-state index in [9.17, 15) is 32.7 Å². The van der Waals surface area contributed by atoms with Crippen LogP contribution >= 0.6 is 0 Å². The second-order valence-corrected chi connectivity index (χ2v) is 9.78. The van der Waals surface area contributed by atoms with Crippen molar-refractivity contribution < 1.29 is 27.5 Å². The van der Waals surface area contributed by atoms with Gasteiger partial charge in [-0.1, -0.05) is 13.8 Å². The number of anilines is 1. The smallest absolute Gasteiger partial charge is 0.393 e. The Morgan fingerprint density at radius 2 is 1.85 bits per heavy atom. The summed E-state index contributed by atoms with van der Waals surface area (Å²) in [7, 11) is 0. The van der Waals surface area contributed by atoms with Crippen LogP contribution in [0.5, 0.6) is 0 Å². The summed E-state index contributed by atoms with van der Waals surface area (Å²) < 4.78 is 57.5. The lowest BCUT2D eigenvalue weighted by atomic mass is 9.75. The lowest BCUT2D eigenvalue weighted by Gasteiger charge is -2.30. The highest BCUT2D eigenvalue weighted by molar-refractivity contribution is 6.00. The number of nitrogens with zero attached hydrogens (tertiary/aromatic N) is 2. The third kappa shape index (κ3) is 4.49. The molecule has 0 spiro atoms. The first-order valence-electron chi connectivity index (χ1n) is 10.9. The van der Waals surface area contributed by atoms with Crippen LogP contribution in [0, 0.1) is 22.6 Å². The topological polar surface area (TPSA) is 78.0 Å². The summed E-state index contributed by atoms with van der Waals surface area (Å²) in [6, 6.07) is 4.21. The Morgan fingerprint density at radius 3 is 2.45 bits per heavy atom. The maximum absolute atomic E-state index is 14.9. The second kappa shape index (κ2) is 8.17. The first kappa shape index (κ1) is 23.3. The highest BCUT2D eigenvalue weighted by Crippen LogP contribution is 2.43. The molecular formula is C24H25F4N3O2. The fourth-order valence-electron chi connectivity index (χ4n) is 4.92. The van der Waals surface area contributed by atoms with Gasteiger partial charge in [0.15, 0.2) is 5.78 Å². The molecule has 2 aliphatic carbocycles. The number of hydrogen-bond donors (Lipinski definition) is 2. The van der Waals surface area contributed by atoms with Gasteiger partial charge in [0.25, 0.3) is 0 Å². The van der Waals surface area contributed by atoms with Crippen LogP contribution in [-0.4, -0.2) is 27.6 Å². The molecular weight excluding hydrogens is 438 g/mol. The van der Waals surface area contributed by atoms with E-state index in [0.29, 0.717) is 25.7 Å². The van der Waals surface area contributed by atoms with Gasteiger partial charge in [-0.15, -0.1) is 0 Å². The van der Waals surface area contributed by atoms with Crippen LogP contribution in [0.4, 0.5) is 23.2 Å². The Hall–Kier alpha value is -2.86. The molecule has 9 heteroatoms. The van der Waals surface area contributed by atoms with Gasteiger partial charge in [0.1, 0.15) is 17.4 Å². The molecule has 1 aromatic heterocycles. The number of Topliss-reactive ketones (excluding diaryl/α,β-unsaturated/α-hetero) is 1. The van der Waals surface area contributed by atoms with Crippen LogP contribution in [0.3, 0.4) is 0 Å². The number of aliphatic hydroxyl groups excluding tert-OH is 1. The van der Waals surface area contributed by atoms with Crippen molar-refractivity contribution in [1.29, 1.82) is 5.26 Å². The zero-order chi connectivity index (χ0) is 24.1. The molecule has 2 aromatic rings. The Kier molecular flexibility index (Phi) is 5.77. The normalized spacial score (nSPS) is 22.5. The predicted octanol–water partition coefficient (Wildman–Crippen LogP) is 5.38. The Morgan fingerprint density at radius 1 is 1.18 bits per heavy atom. The molecule has 4 rings (SSSR count). The number of carbonyl (C=O) groups excluding carboxylic acids is 1. The van der Waals surface area contributed by atoms with Crippen LogP contribution in [0.2, 0.25) is 0 Å². The van der Waals surface area contributed by atoms with Gasteiger partial charge in [0.2, 0.25) is 0 Å². The average Bonchev–Trinajstić information content (AvgIpc) is 3.08. The molecule has 0 radical (unpaired) electrons. The largest absolute Gasteiger partial charge is 0.418 e. The van der Waals surface area contributed by atoms with Gasteiger partial charge in [-0.3, -0.25) is 4.79 Å². The van der Waals surface area contributed by atoms with Crippen molar-refractivity contribution in [3.63, 3.8) is 0 Å². The zero-order valence-corrected chi connectivity index (χ0v) is 18.4. The van der Waals surface area contributed by atoms with Crippen molar-refractivity contribution in [3.8, 4) is 11.8 Å². The van der Waals surface area contributed by atoms with Crippen molar-refractivity contribution in [2.75, 3.05) is 5.32 Å². The zero-order valence-electron chi connectivity index (χ0n) is 18.4. The molecule has 2 N–H and O–H groups in total. The third-order valence-electron chi connectivity index (χ3n) is 6.50. The quantitative estimate of drug-likeness (QED) is 0.600. The fraction of sp³-hybridized carbons (Fsp3) is 0.500. The molecule has 176 valence electrons. The monoisotopic (exact) mass is 463 g/mol. The number of nitrogens with one attached hydrogen (secondary N) is 1. The Bertz CT molecular complexity index is 1140. The van der Waals surface area contributed by atoms with Gasteiger partial charge in [-0.2, -0.15) is 18.4 Å². The number of rotatable bonds is 3. The van der Waals surface area contributed by atoms with Crippen LogP contribution in [0.1, 0.15) is 73.1 Å². The molecule has 1 heterocycles. The Labute approximate surface area is 189 Å². The van der Waals surface area contributed by atoms with E-state index in [2.05, 4.69) is 5.32 Å². The van der Waals surface area contributed by atoms with E-state index in [4.69, 9.17) is 0 Å². The molecule has 0 aliphatic heterocycles. The van der Waals surface area contributed by atoms with E-state index >= 15 is 0 Å². The summed E-state index contributed by atoms with van der Waals surface area (Å²) in [5, 5.41) is 22.3. The molecule has 0 atom stereocenters. The predicted molar refractivity (Wildman–Crippen MR) is 114 cm³/mol. The van der Waals surface area contributed by atoms with Crippen LogP contribution in [-0.2, 0) is 12.6 Å². The maximum atomic E-state index is 14.9. The first-order valence-corrected chi connectivity index (χ1v) is 10.9. The minimum absolute atomic E-state index is 0.00480. The number of halogens is 4. The van der Waals surface area contributed by atoms with E-state index in [-0.39, 0.29) is 47.1 Å². The molecule has 0 bridgehead atoms. The molecule has 1 saturated carbocycles. The average molecular weight is 463 g/mol. The van der Waals surface area contributed by atoms with E-state index < -0.39 is 34.9 Å². The highest BCUT2D eigenvalue weighted by Gasteiger charge is 2.43. The molecule has 0 saturated heterocycles. The number of carbonyl (C=O) groups is 1. The summed E-state index contributed by atoms with van der Waals surface area (Å²) in [6.07, 6.45) is -1.68. The van der Waals surface area contributed by atoms with Crippen molar-refractivity contribution >= 4 is 11.5 Å². The van der Waals surface area contributed by atoms with Crippen LogP contribution < -0.4 is 5.32 Å². The standard InChI is InChI=1S/C24H25F4N3O2/c1-23(2)9-20-22(21(33)10-23)17(24(26,27)28)12-31(20)14-7-18(25)16(11-29)19(8-14)30-13-3-5-15(32)6-4-13/h7-8,12-13,15,30,32H,3-6,9-10H2,1-2H3. The van der Waals surface area contributed by atoms with Gasteiger partial charge in [-0.25, -0.2) is 4.39 Å². The molecule has 5 nitrogen and oxygen atoms in total. The summed E-state index contributed by atoms with van der Waals surface area (Å²) in [4.78, 5) is 12.7. The van der Waals surface area contributed by atoms with Gasteiger partial charge in [-0.05, 0) is 49.7 Å². The van der Waals surface area contributed by atoms with Crippen molar-refractivity contribution in [3.05, 3.63) is 46.5 Å². The van der Waals surface area contributed by atoms with Crippen molar-refractivity contribution in [2.45, 2.75) is 70.7 Å². The second-order valence-electron chi connectivity index (χ2n) is 9.78. The van der Waals surface area contributed by atoms with E-state index in [1.54, 1.807) is 0 Å². The summed E-state index contributed by atoms with van der Waals surface area (Å²) in [5.74, 6) is -1.44. The minimum Gasteiger partial charge on any atom is -0.393 e. The van der Waals surface area contributed by atoms with Crippen molar-refractivity contribution in [1.82, 2.24) is 4.57 Å². The third-order valence-corrected chi connectivity index (χ3v) is 6.50. The SMILES string of the molecule is CC1(C)CC(=O)c2c(C(F)(F)F)cn(-c3cc(F)c(C#N)c(NC4CCC(O)CC4)c3)c2C1. The number of aliphatic hydroxyl groups is 1. The molecule has 1 aromatic carbocycles. The number of hydrogen-bond acceptors (Lipinski definition) is 4. The minimum atomic E-state index is -4.73. The molecule has 1 fully saturated rings. The van der Waals surface area contributed by atoms with E-state index in [1.165, 1.54) is 10.6 Å². The fourth-order valence-corrected chi connectivity index (χ4v) is 4.92. The number of ketones is 1. The van der Waals surface area contributed by atoms with Gasteiger partial charge in [0, 0.05) is 24.4 Å². The number of alkyl halides is 3. The van der Waals surface area contributed by atoms with E-state index in [0.717, 1.165) is 12.3 Å². The highest BCUT2D eigenvalue weighted by atomic mass is 19.4. The molecule has 33 heavy (non-hydrogen) atoms. The number of fused-ring (bicyclic) bond motifs is 1. The lowest BCUT2D eigenvalue weighted by Crippen LogP contribution is -2.29. The summed E-state index contributed by atoms with van der Waals surface area (Å²) in [6.45, 7) is 3.62. The Balaban J connectivity index is 1.83. The van der Waals surface area contributed by atoms with Gasteiger partial charge in [0.05, 0.1) is 28.6 Å². The maximum Gasteiger partial charge on any atom is 0.418 e. The lowest BCUT2D eigenvalue weighted by molar-refractivity contribution is -0.137. The molecule has 0 amide bonds. The van der Waals surface area contributed by atoms with Gasteiger partial charge >= 0.3 is 6.18 Å². The number of aromatic nitrogens is 1. The van der Waals surface area contributed by atoms with Crippen LogP contribution in [0.15, 0.2) is 18.3 Å². The van der Waals surface area contributed by atoms with E-state index in [1.807, 2.05) is 19.9 Å². The first-order chi connectivity index (χ1) is 15.4. The van der Waals surface area contributed by atoms with Gasteiger partial charge < -0.3 is 15.0 Å². The number of nitriles is 1. The molecule has 2 aliphatic rings. The molecule has 0 unspecified atom stereocenters. The van der Waals surface area contributed by atoms with Crippen LogP contribution in [0.25, 0.3) is 5.69 Å². The van der Waals surface area contributed by atoms with Crippen molar-refractivity contribution in [2.24, 2.45) is 5.41 Å².